The molecule has 0 aliphatic heterocycles. The van der Waals surface area contributed by atoms with Crippen LogP contribution >= 0.6 is 0 Å². The molecule has 1 atom stereocenters. The lowest BCUT2D eigenvalue weighted by atomic mass is 10.1. The summed E-state index contributed by atoms with van der Waals surface area (Å²) < 4.78 is 4.80. The van der Waals surface area contributed by atoms with E-state index < -0.39 is 17.0 Å². The monoisotopic (exact) mass is 291 g/mol. The summed E-state index contributed by atoms with van der Waals surface area (Å²) >= 11 is 0. The molecule has 8 heteroatoms. The number of nitrogens with zero attached hydrogens (tertiary/aromatic N) is 2. The molecule has 0 amide bonds. The van der Waals surface area contributed by atoms with Gasteiger partial charge in [-0.2, -0.15) is 0 Å². The van der Waals surface area contributed by atoms with Gasteiger partial charge in [0.05, 0.1) is 17.0 Å². The zero-order valence-corrected chi connectivity index (χ0v) is 11.1. The Balaban J connectivity index is 2.42. The van der Waals surface area contributed by atoms with Crippen LogP contribution < -0.4 is 5.32 Å². The van der Waals surface area contributed by atoms with E-state index in [9.17, 15) is 14.9 Å². The van der Waals surface area contributed by atoms with Crippen LogP contribution in [0.4, 0.5) is 11.4 Å². The number of anilines is 1. The standard InChI is InChI=1S/C13H13N3O5/c1-21-11(13(17)18)7-15-12-8-4-2-3-5-9(8)14-6-10(12)16(19)20/h2-6,11H,7H2,1H3,(H,14,15)(H,17,18). The summed E-state index contributed by atoms with van der Waals surface area (Å²) in [5.74, 6) is -1.15. The van der Waals surface area contributed by atoms with Gasteiger partial charge < -0.3 is 15.2 Å². The molecule has 2 aromatic rings. The first-order valence-corrected chi connectivity index (χ1v) is 6.06. The number of carbonyl (C=O) groups is 1. The van der Waals surface area contributed by atoms with Crippen molar-refractivity contribution in [1.29, 1.82) is 0 Å². The molecule has 0 bridgehead atoms. The highest BCUT2D eigenvalue weighted by Gasteiger charge is 2.21. The van der Waals surface area contributed by atoms with E-state index >= 15 is 0 Å². The third-order valence-electron chi connectivity index (χ3n) is 2.98. The van der Waals surface area contributed by atoms with Crippen LogP contribution in [0.25, 0.3) is 10.9 Å². The molecule has 0 radical (unpaired) electrons. The van der Waals surface area contributed by atoms with Crippen molar-refractivity contribution < 1.29 is 19.6 Å². The van der Waals surface area contributed by atoms with Crippen LogP contribution in [0, 0.1) is 10.1 Å². The van der Waals surface area contributed by atoms with Gasteiger partial charge in [0.2, 0.25) is 0 Å². The van der Waals surface area contributed by atoms with Gasteiger partial charge in [0, 0.05) is 12.5 Å². The molecule has 8 nitrogen and oxygen atoms in total. The van der Waals surface area contributed by atoms with Gasteiger partial charge in [0.25, 0.3) is 0 Å². The number of carboxylic acid groups (broad SMARTS) is 1. The van der Waals surface area contributed by atoms with E-state index in [1.165, 1.54) is 7.11 Å². The van der Waals surface area contributed by atoms with Crippen molar-refractivity contribution in [2.24, 2.45) is 0 Å². The highest BCUT2D eigenvalue weighted by Crippen LogP contribution is 2.31. The van der Waals surface area contributed by atoms with Crippen molar-refractivity contribution in [2.75, 3.05) is 19.0 Å². The van der Waals surface area contributed by atoms with Crippen LogP contribution in [-0.4, -0.2) is 40.7 Å². The fourth-order valence-corrected chi connectivity index (χ4v) is 1.92. The lowest BCUT2D eigenvalue weighted by Crippen LogP contribution is -2.30. The Hall–Kier alpha value is -2.74. The smallest absolute Gasteiger partial charge is 0.334 e. The zero-order valence-electron chi connectivity index (χ0n) is 11.1. The molecule has 0 fully saturated rings. The van der Waals surface area contributed by atoms with Gasteiger partial charge in [0.15, 0.2) is 6.10 Å². The third kappa shape index (κ3) is 3.06. The Bertz CT molecular complexity index is 689. The number of methoxy groups -OCH3 is 1. The molecule has 21 heavy (non-hydrogen) atoms. The molecule has 0 aliphatic rings. The highest BCUT2D eigenvalue weighted by atomic mass is 16.6. The molecular weight excluding hydrogens is 278 g/mol. The molecule has 0 aliphatic carbocycles. The van der Waals surface area contributed by atoms with Crippen LogP contribution in [0.1, 0.15) is 0 Å². The first-order valence-electron chi connectivity index (χ1n) is 6.06. The number of aromatic nitrogens is 1. The average Bonchev–Trinajstić information content (AvgIpc) is 2.47. The Morgan fingerprint density at radius 1 is 1.52 bits per heavy atom. The summed E-state index contributed by atoms with van der Waals surface area (Å²) in [4.78, 5) is 25.5. The normalized spacial score (nSPS) is 12.0. The van der Waals surface area contributed by atoms with E-state index in [1.807, 2.05) is 0 Å². The number of hydrogen-bond acceptors (Lipinski definition) is 6. The average molecular weight is 291 g/mol. The second-order valence-electron chi connectivity index (χ2n) is 4.24. The van der Waals surface area contributed by atoms with E-state index in [-0.39, 0.29) is 17.9 Å². The van der Waals surface area contributed by atoms with E-state index in [0.717, 1.165) is 6.20 Å². The van der Waals surface area contributed by atoms with Crippen LogP contribution in [0.2, 0.25) is 0 Å². The van der Waals surface area contributed by atoms with Crippen molar-refractivity contribution in [1.82, 2.24) is 4.98 Å². The minimum Gasteiger partial charge on any atom is -0.479 e. The number of aliphatic carboxylic acids is 1. The molecule has 1 aromatic heterocycles. The minimum atomic E-state index is -1.15. The number of ether oxygens (including phenoxy) is 1. The van der Waals surface area contributed by atoms with Gasteiger partial charge in [-0.3, -0.25) is 10.1 Å². The zero-order chi connectivity index (χ0) is 15.4. The van der Waals surface area contributed by atoms with Gasteiger partial charge in [-0.1, -0.05) is 18.2 Å². The van der Waals surface area contributed by atoms with Gasteiger partial charge in [-0.25, -0.2) is 9.78 Å². The van der Waals surface area contributed by atoms with Gasteiger partial charge in [0.1, 0.15) is 11.9 Å². The number of carboxylic acids is 1. The first kappa shape index (κ1) is 14.7. The van der Waals surface area contributed by atoms with E-state index in [4.69, 9.17) is 9.84 Å². The summed E-state index contributed by atoms with van der Waals surface area (Å²) in [6.45, 7) is -0.0965. The van der Waals surface area contributed by atoms with E-state index in [1.54, 1.807) is 24.3 Å². The Labute approximate surface area is 119 Å². The SMILES string of the molecule is COC(CNc1c([N+](=O)[O-])cnc2ccccc12)C(=O)O. The lowest BCUT2D eigenvalue weighted by Gasteiger charge is -2.14. The maximum atomic E-state index is 11.1. The molecule has 1 aromatic carbocycles. The Kier molecular flexibility index (Phi) is 4.29. The van der Waals surface area contributed by atoms with E-state index in [0.29, 0.717) is 10.9 Å². The highest BCUT2D eigenvalue weighted by molar-refractivity contribution is 5.95. The second-order valence-corrected chi connectivity index (χ2v) is 4.24. The van der Waals surface area contributed by atoms with Crippen molar-refractivity contribution in [3.8, 4) is 0 Å². The van der Waals surface area contributed by atoms with Crippen LogP contribution in [-0.2, 0) is 9.53 Å². The number of nitro groups is 1. The van der Waals surface area contributed by atoms with Crippen LogP contribution in [0.5, 0.6) is 0 Å². The number of para-hydroxylation sites is 1. The van der Waals surface area contributed by atoms with Crippen molar-refractivity contribution in [2.45, 2.75) is 6.10 Å². The fraction of sp³-hybridized carbons (Fsp3) is 0.231. The number of rotatable bonds is 6. The topological polar surface area (TPSA) is 115 Å². The molecule has 2 N–H and O–H groups in total. The second kappa shape index (κ2) is 6.14. The quantitative estimate of drug-likeness (QED) is 0.614. The Morgan fingerprint density at radius 2 is 2.24 bits per heavy atom. The maximum absolute atomic E-state index is 11.1. The fourth-order valence-electron chi connectivity index (χ4n) is 1.92. The van der Waals surface area contributed by atoms with Crippen LogP contribution in [0.15, 0.2) is 30.5 Å². The molecule has 0 saturated carbocycles. The molecule has 2 rings (SSSR count). The van der Waals surface area contributed by atoms with Crippen molar-refractivity contribution >= 4 is 28.2 Å². The summed E-state index contributed by atoms with van der Waals surface area (Å²) in [5, 5.41) is 23.4. The predicted molar refractivity (Wildman–Crippen MR) is 75.3 cm³/mol. The number of fused-ring (bicyclic) bond motifs is 1. The van der Waals surface area contributed by atoms with Crippen molar-refractivity contribution in [3.05, 3.63) is 40.6 Å². The molecule has 1 unspecified atom stereocenters. The number of pyridine rings is 1. The van der Waals surface area contributed by atoms with E-state index in [2.05, 4.69) is 10.3 Å². The van der Waals surface area contributed by atoms with Gasteiger partial charge in [-0.15, -0.1) is 0 Å². The molecule has 0 saturated heterocycles. The molecule has 1 heterocycles. The Morgan fingerprint density at radius 3 is 2.86 bits per heavy atom. The number of hydrogen-bond donors (Lipinski definition) is 2. The summed E-state index contributed by atoms with van der Waals surface area (Å²) in [6, 6.07) is 6.89. The summed E-state index contributed by atoms with van der Waals surface area (Å²) in [5.41, 5.74) is 0.595. The number of nitrogens with one attached hydrogen (secondary N) is 1. The lowest BCUT2D eigenvalue weighted by molar-refractivity contribution is -0.384. The maximum Gasteiger partial charge on any atom is 0.334 e. The van der Waals surface area contributed by atoms with Gasteiger partial charge >= 0.3 is 11.7 Å². The van der Waals surface area contributed by atoms with Gasteiger partial charge in [-0.05, 0) is 6.07 Å². The van der Waals surface area contributed by atoms with Crippen LogP contribution in [0.3, 0.4) is 0 Å². The minimum absolute atomic E-state index is 0.0965. The summed E-state index contributed by atoms with van der Waals surface area (Å²) in [6.07, 6.45) is 0.0456. The number of benzene rings is 1. The molecular formula is C13H13N3O5. The molecule has 110 valence electrons. The first-order chi connectivity index (χ1) is 10.0. The largest absolute Gasteiger partial charge is 0.479 e. The molecule has 0 spiro atoms. The van der Waals surface area contributed by atoms with Crippen molar-refractivity contribution in [3.63, 3.8) is 0 Å². The third-order valence-corrected chi connectivity index (χ3v) is 2.98. The predicted octanol–water partition coefficient (Wildman–Crippen LogP) is 1.65. The summed E-state index contributed by atoms with van der Waals surface area (Å²) in [7, 11) is 1.26.